The molecular weight excluding hydrogens is 194 g/mol. The molecule has 0 aliphatic heterocycles. The highest BCUT2D eigenvalue weighted by Gasteiger charge is 2.09. The van der Waals surface area contributed by atoms with Crippen molar-refractivity contribution in [2.75, 3.05) is 19.5 Å². The fourth-order valence-electron chi connectivity index (χ4n) is 1.61. The minimum Gasteiger partial charge on any atom is -0.304 e. The van der Waals surface area contributed by atoms with E-state index in [4.69, 9.17) is 11.6 Å². The SMILES string of the molecule is CCCC(C)N(C)CCC(C)CCCl. The minimum absolute atomic E-state index is 0.725. The van der Waals surface area contributed by atoms with Crippen LogP contribution >= 0.6 is 11.6 Å². The smallest absolute Gasteiger partial charge is 0.0225 e. The Labute approximate surface area is 94.8 Å². The Morgan fingerprint density at radius 1 is 1.14 bits per heavy atom. The predicted octanol–water partition coefficient (Wildman–Crippen LogP) is 3.76. The molecule has 0 aliphatic carbocycles. The van der Waals surface area contributed by atoms with Crippen LogP contribution in [0.3, 0.4) is 0 Å². The van der Waals surface area contributed by atoms with E-state index in [1.54, 1.807) is 0 Å². The van der Waals surface area contributed by atoms with Crippen molar-refractivity contribution in [1.82, 2.24) is 4.90 Å². The lowest BCUT2D eigenvalue weighted by Gasteiger charge is -2.25. The molecule has 0 saturated carbocycles. The molecule has 0 spiro atoms. The molecule has 0 amide bonds. The number of rotatable bonds is 8. The maximum Gasteiger partial charge on any atom is 0.0225 e. The van der Waals surface area contributed by atoms with E-state index in [1.165, 1.54) is 25.8 Å². The van der Waals surface area contributed by atoms with E-state index in [0.29, 0.717) is 0 Å². The Morgan fingerprint density at radius 2 is 1.79 bits per heavy atom. The molecule has 0 aliphatic rings. The van der Waals surface area contributed by atoms with Crippen molar-refractivity contribution in [3.8, 4) is 0 Å². The first-order chi connectivity index (χ1) is 6.61. The van der Waals surface area contributed by atoms with Gasteiger partial charge in [0.15, 0.2) is 0 Å². The largest absolute Gasteiger partial charge is 0.304 e. The van der Waals surface area contributed by atoms with Gasteiger partial charge in [0, 0.05) is 11.9 Å². The number of hydrogen-bond acceptors (Lipinski definition) is 1. The molecule has 0 aromatic heterocycles. The molecule has 2 heteroatoms. The lowest BCUT2D eigenvalue weighted by Crippen LogP contribution is -2.30. The van der Waals surface area contributed by atoms with Crippen molar-refractivity contribution >= 4 is 11.6 Å². The topological polar surface area (TPSA) is 3.24 Å². The zero-order chi connectivity index (χ0) is 11.0. The first-order valence-corrected chi connectivity index (χ1v) is 6.41. The van der Waals surface area contributed by atoms with Crippen molar-refractivity contribution in [2.45, 2.75) is 52.5 Å². The van der Waals surface area contributed by atoms with E-state index in [2.05, 4.69) is 32.7 Å². The molecule has 2 atom stereocenters. The van der Waals surface area contributed by atoms with Gasteiger partial charge in [-0.25, -0.2) is 0 Å². The second-order valence-electron chi connectivity index (χ2n) is 4.49. The monoisotopic (exact) mass is 219 g/mol. The third-order valence-electron chi connectivity index (χ3n) is 3.04. The highest BCUT2D eigenvalue weighted by molar-refractivity contribution is 6.17. The second-order valence-corrected chi connectivity index (χ2v) is 4.87. The van der Waals surface area contributed by atoms with Crippen molar-refractivity contribution < 1.29 is 0 Å². The van der Waals surface area contributed by atoms with E-state index in [-0.39, 0.29) is 0 Å². The average molecular weight is 220 g/mol. The Balaban J connectivity index is 3.56. The highest BCUT2D eigenvalue weighted by atomic mass is 35.5. The van der Waals surface area contributed by atoms with Gasteiger partial charge < -0.3 is 4.90 Å². The maximum absolute atomic E-state index is 5.71. The molecule has 1 nitrogen and oxygen atoms in total. The van der Waals surface area contributed by atoms with Gasteiger partial charge in [-0.2, -0.15) is 0 Å². The average Bonchev–Trinajstić information content (AvgIpc) is 2.15. The Morgan fingerprint density at radius 3 is 2.29 bits per heavy atom. The number of alkyl halides is 1. The van der Waals surface area contributed by atoms with Gasteiger partial charge in [-0.1, -0.05) is 20.3 Å². The van der Waals surface area contributed by atoms with Crippen LogP contribution in [0.1, 0.15) is 46.5 Å². The van der Waals surface area contributed by atoms with Gasteiger partial charge in [0.05, 0.1) is 0 Å². The Hall–Kier alpha value is 0.250. The molecule has 0 rings (SSSR count). The normalized spacial score (nSPS) is 15.9. The number of halogens is 1. The highest BCUT2D eigenvalue weighted by Crippen LogP contribution is 2.11. The van der Waals surface area contributed by atoms with Crippen LogP contribution in [0.25, 0.3) is 0 Å². The Kier molecular flexibility index (Phi) is 8.70. The zero-order valence-corrected chi connectivity index (χ0v) is 11.0. The lowest BCUT2D eigenvalue weighted by atomic mass is 10.0. The molecule has 0 heterocycles. The quantitative estimate of drug-likeness (QED) is 0.562. The molecule has 0 saturated heterocycles. The lowest BCUT2D eigenvalue weighted by molar-refractivity contribution is 0.228. The van der Waals surface area contributed by atoms with E-state index >= 15 is 0 Å². The van der Waals surface area contributed by atoms with Crippen LogP contribution in [0.4, 0.5) is 0 Å². The summed E-state index contributed by atoms with van der Waals surface area (Å²) in [5.41, 5.74) is 0. The first kappa shape index (κ1) is 14.2. The van der Waals surface area contributed by atoms with Crippen LogP contribution < -0.4 is 0 Å². The maximum atomic E-state index is 5.71. The second kappa shape index (κ2) is 8.55. The summed E-state index contributed by atoms with van der Waals surface area (Å²) >= 11 is 5.71. The third kappa shape index (κ3) is 6.67. The zero-order valence-electron chi connectivity index (χ0n) is 10.2. The summed E-state index contributed by atoms with van der Waals surface area (Å²) in [5, 5.41) is 0. The molecule has 86 valence electrons. The summed E-state index contributed by atoms with van der Waals surface area (Å²) in [5.74, 6) is 1.57. The number of nitrogens with zero attached hydrogens (tertiary/aromatic N) is 1. The molecule has 0 fully saturated rings. The molecule has 0 radical (unpaired) electrons. The summed E-state index contributed by atoms with van der Waals surface area (Å²) in [4.78, 5) is 2.47. The minimum atomic E-state index is 0.725. The molecule has 0 N–H and O–H groups in total. The number of hydrogen-bond donors (Lipinski definition) is 0. The standard InChI is InChI=1S/C12H26ClN/c1-5-6-12(3)14(4)10-8-11(2)7-9-13/h11-12H,5-10H2,1-4H3. The molecule has 0 aromatic carbocycles. The first-order valence-electron chi connectivity index (χ1n) is 5.88. The van der Waals surface area contributed by atoms with Crippen LogP contribution in [0, 0.1) is 5.92 Å². The fraction of sp³-hybridized carbons (Fsp3) is 1.00. The summed E-state index contributed by atoms with van der Waals surface area (Å²) in [6.07, 6.45) is 5.01. The molecule has 2 unspecified atom stereocenters. The summed E-state index contributed by atoms with van der Waals surface area (Å²) in [6.45, 7) is 8.07. The van der Waals surface area contributed by atoms with E-state index in [9.17, 15) is 0 Å². The van der Waals surface area contributed by atoms with E-state index < -0.39 is 0 Å². The van der Waals surface area contributed by atoms with Gasteiger partial charge in [-0.05, 0) is 45.7 Å². The Bertz CT molecular complexity index is 127. The van der Waals surface area contributed by atoms with Crippen molar-refractivity contribution in [3.63, 3.8) is 0 Å². The third-order valence-corrected chi connectivity index (χ3v) is 3.25. The van der Waals surface area contributed by atoms with Crippen molar-refractivity contribution in [3.05, 3.63) is 0 Å². The molecule has 0 bridgehead atoms. The predicted molar refractivity (Wildman–Crippen MR) is 66.1 cm³/mol. The van der Waals surface area contributed by atoms with Gasteiger partial charge in [0.1, 0.15) is 0 Å². The molecular formula is C12H26ClN. The van der Waals surface area contributed by atoms with E-state index in [0.717, 1.165) is 24.3 Å². The van der Waals surface area contributed by atoms with Crippen LogP contribution in [0.15, 0.2) is 0 Å². The van der Waals surface area contributed by atoms with Gasteiger partial charge in [-0.15, -0.1) is 11.6 Å². The van der Waals surface area contributed by atoms with Crippen molar-refractivity contribution in [1.29, 1.82) is 0 Å². The van der Waals surface area contributed by atoms with Gasteiger partial charge in [0.25, 0.3) is 0 Å². The van der Waals surface area contributed by atoms with Gasteiger partial charge in [0.2, 0.25) is 0 Å². The fourth-order valence-corrected chi connectivity index (χ4v) is 1.99. The van der Waals surface area contributed by atoms with Crippen LogP contribution in [0.5, 0.6) is 0 Å². The molecule has 0 aromatic rings. The summed E-state index contributed by atoms with van der Waals surface area (Å²) in [6, 6.07) is 0.725. The summed E-state index contributed by atoms with van der Waals surface area (Å²) < 4.78 is 0. The van der Waals surface area contributed by atoms with Crippen molar-refractivity contribution in [2.24, 2.45) is 5.92 Å². The summed E-state index contributed by atoms with van der Waals surface area (Å²) in [7, 11) is 2.23. The van der Waals surface area contributed by atoms with Crippen LogP contribution in [0.2, 0.25) is 0 Å². The van der Waals surface area contributed by atoms with E-state index in [1.807, 2.05) is 0 Å². The van der Waals surface area contributed by atoms with Gasteiger partial charge in [-0.3, -0.25) is 0 Å². The molecule has 14 heavy (non-hydrogen) atoms. The van der Waals surface area contributed by atoms with Crippen LogP contribution in [-0.2, 0) is 0 Å². The van der Waals surface area contributed by atoms with Crippen LogP contribution in [-0.4, -0.2) is 30.4 Å². The van der Waals surface area contributed by atoms with Gasteiger partial charge >= 0.3 is 0 Å².